The summed E-state index contributed by atoms with van der Waals surface area (Å²) in [5, 5.41) is 11.7. The Morgan fingerprint density at radius 2 is 2.00 bits per heavy atom. The van der Waals surface area contributed by atoms with Crippen LogP contribution in [0.3, 0.4) is 0 Å². The van der Waals surface area contributed by atoms with Crippen LogP contribution >= 0.6 is 0 Å². The lowest BCUT2D eigenvalue weighted by Gasteiger charge is -2.07. The molecule has 1 N–H and O–H groups in total. The fourth-order valence-electron chi connectivity index (χ4n) is 2.19. The molecule has 0 atom stereocenters. The third kappa shape index (κ3) is 2.48. The summed E-state index contributed by atoms with van der Waals surface area (Å²) >= 11 is 0. The van der Waals surface area contributed by atoms with Crippen LogP contribution in [0, 0.1) is 0 Å². The van der Waals surface area contributed by atoms with E-state index < -0.39 is 0 Å². The number of nitrogens with zero attached hydrogens (tertiary/aromatic N) is 8. The van der Waals surface area contributed by atoms with E-state index in [0.29, 0.717) is 11.7 Å². The Kier molecular flexibility index (Phi) is 3.15. The van der Waals surface area contributed by atoms with E-state index in [1.165, 1.54) is 6.33 Å². The van der Waals surface area contributed by atoms with E-state index in [9.17, 15) is 0 Å². The SMILES string of the molecule is CCc1cc(Nc2cnn(-c3ncccn3)c2)n2ncnc2n1. The minimum Gasteiger partial charge on any atom is -0.337 e. The maximum absolute atomic E-state index is 4.42. The van der Waals surface area contributed by atoms with E-state index in [1.54, 1.807) is 33.9 Å². The van der Waals surface area contributed by atoms with Crippen molar-refractivity contribution in [1.29, 1.82) is 0 Å². The summed E-state index contributed by atoms with van der Waals surface area (Å²) in [4.78, 5) is 16.9. The quantitative estimate of drug-likeness (QED) is 0.608. The van der Waals surface area contributed by atoms with Crippen molar-refractivity contribution < 1.29 is 0 Å². The lowest BCUT2D eigenvalue weighted by molar-refractivity contribution is 0.808. The van der Waals surface area contributed by atoms with E-state index in [4.69, 9.17) is 0 Å². The molecule has 0 saturated heterocycles. The monoisotopic (exact) mass is 307 g/mol. The van der Waals surface area contributed by atoms with Crippen LogP contribution in [0.4, 0.5) is 11.5 Å². The Morgan fingerprint density at radius 3 is 2.83 bits per heavy atom. The van der Waals surface area contributed by atoms with E-state index >= 15 is 0 Å². The molecule has 0 amide bonds. The molecule has 0 spiro atoms. The molecular weight excluding hydrogens is 294 g/mol. The summed E-state index contributed by atoms with van der Waals surface area (Å²) in [6.07, 6.45) is 9.15. The van der Waals surface area contributed by atoms with Crippen LogP contribution in [-0.4, -0.2) is 39.3 Å². The summed E-state index contributed by atoms with van der Waals surface area (Å²) in [7, 11) is 0. The number of fused-ring (bicyclic) bond motifs is 1. The Hall–Kier alpha value is -3.36. The number of aromatic nitrogens is 8. The molecule has 23 heavy (non-hydrogen) atoms. The zero-order chi connectivity index (χ0) is 15.6. The van der Waals surface area contributed by atoms with Crippen molar-refractivity contribution in [3.05, 3.63) is 48.9 Å². The number of rotatable bonds is 4. The van der Waals surface area contributed by atoms with E-state index in [-0.39, 0.29) is 0 Å². The van der Waals surface area contributed by atoms with Gasteiger partial charge in [-0.1, -0.05) is 6.92 Å². The first-order valence-electron chi connectivity index (χ1n) is 7.12. The second-order valence-corrected chi connectivity index (χ2v) is 4.81. The van der Waals surface area contributed by atoms with Crippen molar-refractivity contribution in [1.82, 2.24) is 39.3 Å². The van der Waals surface area contributed by atoms with Gasteiger partial charge in [-0.15, -0.1) is 0 Å². The Bertz CT molecular complexity index is 941. The zero-order valence-electron chi connectivity index (χ0n) is 12.3. The first-order valence-corrected chi connectivity index (χ1v) is 7.12. The van der Waals surface area contributed by atoms with Crippen LogP contribution in [-0.2, 0) is 6.42 Å². The minimum absolute atomic E-state index is 0.510. The van der Waals surface area contributed by atoms with Gasteiger partial charge in [0.05, 0.1) is 18.1 Å². The van der Waals surface area contributed by atoms with Gasteiger partial charge in [0.1, 0.15) is 12.1 Å². The highest BCUT2D eigenvalue weighted by Gasteiger charge is 2.09. The molecule has 0 aliphatic rings. The van der Waals surface area contributed by atoms with E-state index in [1.807, 2.05) is 19.2 Å². The number of hydrogen-bond donors (Lipinski definition) is 1. The van der Waals surface area contributed by atoms with Crippen molar-refractivity contribution in [2.45, 2.75) is 13.3 Å². The van der Waals surface area contributed by atoms with Crippen LogP contribution in [0.25, 0.3) is 11.7 Å². The molecule has 0 aliphatic carbocycles. The van der Waals surface area contributed by atoms with Gasteiger partial charge in [0.25, 0.3) is 5.78 Å². The average molecular weight is 307 g/mol. The minimum atomic E-state index is 0.510. The predicted molar refractivity (Wildman–Crippen MR) is 82.6 cm³/mol. The highest BCUT2D eigenvalue weighted by molar-refractivity contribution is 5.57. The summed E-state index contributed by atoms with van der Waals surface area (Å²) in [6, 6.07) is 3.70. The number of aryl methyl sites for hydroxylation is 1. The second-order valence-electron chi connectivity index (χ2n) is 4.81. The first kappa shape index (κ1) is 13.3. The smallest absolute Gasteiger partial charge is 0.254 e. The predicted octanol–water partition coefficient (Wildman–Crippen LogP) is 1.41. The van der Waals surface area contributed by atoms with Crippen molar-refractivity contribution in [3.8, 4) is 5.95 Å². The zero-order valence-corrected chi connectivity index (χ0v) is 12.3. The molecule has 114 valence electrons. The fourth-order valence-corrected chi connectivity index (χ4v) is 2.19. The molecule has 0 fully saturated rings. The van der Waals surface area contributed by atoms with Crippen LogP contribution in [0.15, 0.2) is 43.2 Å². The third-order valence-electron chi connectivity index (χ3n) is 3.28. The largest absolute Gasteiger partial charge is 0.337 e. The van der Waals surface area contributed by atoms with Crippen molar-refractivity contribution >= 4 is 17.3 Å². The lowest BCUT2D eigenvalue weighted by Crippen LogP contribution is -2.03. The molecule has 0 unspecified atom stereocenters. The van der Waals surface area contributed by atoms with Gasteiger partial charge in [0.2, 0.25) is 5.95 Å². The highest BCUT2D eigenvalue weighted by Crippen LogP contribution is 2.18. The standard InChI is InChI=1S/C14H13N9/c1-2-10-6-12(23-14(21-10)17-9-19-23)20-11-7-18-22(8-11)13-15-4-3-5-16-13/h3-9,20H,2H2,1H3. The molecule has 0 aliphatic heterocycles. The molecule has 0 radical (unpaired) electrons. The second kappa shape index (κ2) is 5.44. The van der Waals surface area contributed by atoms with E-state index in [2.05, 4.69) is 35.5 Å². The maximum atomic E-state index is 4.42. The number of hydrogen-bond acceptors (Lipinski definition) is 7. The maximum Gasteiger partial charge on any atom is 0.254 e. The van der Waals surface area contributed by atoms with Crippen molar-refractivity contribution in [2.75, 3.05) is 5.32 Å². The lowest BCUT2D eigenvalue weighted by atomic mass is 10.3. The van der Waals surface area contributed by atoms with Gasteiger partial charge in [-0.2, -0.15) is 19.7 Å². The Labute approximate surface area is 131 Å². The van der Waals surface area contributed by atoms with Gasteiger partial charge >= 0.3 is 0 Å². The number of nitrogens with one attached hydrogen (secondary N) is 1. The third-order valence-corrected chi connectivity index (χ3v) is 3.28. The molecule has 4 aromatic heterocycles. The summed E-state index contributed by atoms with van der Waals surface area (Å²) in [5.41, 5.74) is 1.73. The average Bonchev–Trinajstić information content (AvgIpc) is 3.24. The van der Waals surface area contributed by atoms with E-state index in [0.717, 1.165) is 23.6 Å². The van der Waals surface area contributed by atoms with Crippen LogP contribution in [0.1, 0.15) is 12.6 Å². The highest BCUT2D eigenvalue weighted by atomic mass is 15.4. The van der Waals surface area contributed by atoms with Crippen LogP contribution < -0.4 is 5.32 Å². The molecule has 0 aromatic carbocycles. The number of anilines is 2. The topological polar surface area (TPSA) is 98.7 Å². The summed E-state index contributed by atoms with van der Waals surface area (Å²) in [6.45, 7) is 2.05. The molecule has 0 bridgehead atoms. The fraction of sp³-hybridized carbons (Fsp3) is 0.143. The molecule has 4 aromatic rings. The molecule has 0 saturated carbocycles. The molecule has 4 heterocycles. The van der Waals surface area contributed by atoms with Crippen molar-refractivity contribution in [3.63, 3.8) is 0 Å². The Morgan fingerprint density at radius 1 is 1.13 bits per heavy atom. The molecular formula is C14H13N9. The van der Waals surface area contributed by atoms with Gasteiger partial charge in [0.15, 0.2) is 0 Å². The molecule has 9 heteroatoms. The van der Waals surface area contributed by atoms with Crippen LogP contribution in [0.2, 0.25) is 0 Å². The summed E-state index contributed by atoms with van der Waals surface area (Å²) < 4.78 is 3.25. The van der Waals surface area contributed by atoms with Gasteiger partial charge in [-0.25, -0.2) is 19.6 Å². The van der Waals surface area contributed by atoms with Crippen molar-refractivity contribution in [2.24, 2.45) is 0 Å². The van der Waals surface area contributed by atoms with Gasteiger partial charge < -0.3 is 5.32 Å². The first-order chi connectivity index (χ1) is 11.3. The molecule has 4 rings (SSSR count). The normalized spacial score (nSPS) is 11.0. The molecule has 9 nitrogen and oxygen atoms in total. The summed E-state index contributed by atoms with van der Waals surface area (Å²) in [5.74, 6) is 1.85. The van der Waals surface area contributed by atoms with Gasteiger partial charge in [0, 0.05) is 24.2 Å². The van der Waals surface area contributed by atoms with Gasteiger partial charge in [-0.05, 0) is 12.5 Å². The van der Waals surface area contributed by atoms with Gasteiger partial charge in [-0.3, -0.25) is 0 Å². The van der Waals surface area contributed by atoms with Crippen LogP contribution in [0.5, 0.6) is 0 Å². The Balaban J connectivity index is 1.69.